The molecule has 5 nitrogen and oxygen atoms in total. The summed E-state index contributed by atoms with van der Waals surface area (Å²) >= 11 is 0. The molecule has 0 bridgehead atoms. The fourth-order valence-electron chi connectivity index (χ4n) is 2.10. The molecule has 0 rings (SSSR count). The number of carbonyl (C=O) groups is 1. The van der Waals surface area contributed by atoms with Crippen molar-refractivity contribution in [3.8, 4) is 0 Å². The van der Waals surface area contributed by atoms with Crippen molar-refractivity contribution in [3.05, 3.63) is 0 Å². The van der Waals surface area contributed by atoms with Crippen molar-refractivity contribution in [1.29, 1.82) is 0 Å². The molecule has 0 radical (unpaired) electrons. The van der Waals surface area contributed by atoms with Gasteiger partial charge in [-0.05, 0) is 34.1 Å². The molecule has 6 heteroatoms. The number of hydrogen-bond donors (Lipinski definition) is 0. The van der Waals surface area contributed by atoms with Crippen LogP contribution in [0.5, 0.6) is 0 Å². The topological polar surface area (TPSA) is 54.0 Å². The predicted octanol–water partition coefficient (Wildman–Crippen LogP) is 2.52. The second kappa shape index (κ2) is 12.8. The van der Waals surface area contributed by atoms with E-state index in [4.69, 9.17) is 18.9 Å². The third-order valence-corrected chi connectivity index (χ3v) is 2.70. The maximum atomic E-state index is 11.8. The van der Waals surface area contributed by atoms with E-state index in [0.717, 1.165) is 0 Å². The Morgan fingerprint density at radius 1 is 0.950 bits per heavy atom. The number of esters is 1. The van der Waals surface area contributed by atoms with Gasteiger partial charge in [0.05, 0.1) is 6.61 Å². The monoisotopic (exact) mass is 324 g/mol. The predicted molar refractivity (Wildman–Crippen MR) is 72.9 cm³/mol. The molecule has 0 N–H and O–H groups in total. The van der Waals surface area contributed by atoms with Crippen LogP contribution in [0.4, 0.5) is 0 Å². The largest absolute Gasteiger partial charge is 0.466 e. The summed E-state index contributed by atoms with van der Waals surface area (Å²) < 4.78 is 22.2. The van der Waals surface area contributed by atoms with Gasteiger partial charge in [0.15, 0.2) is 0 Å². The quantitative estimate of drug-likeness (QED) is 0.332. The molecule has 0 aliphatic carbocycles. The van der Waals surface area contributed by atoms with Crippen molar-refractivity contribution in [2.24, 2.45) is 0 Å². The van der Waals surface area contributed by atoms with Gasteiger partial charge in [-0.15, -0.1) is 0 Å². The van der Waals surface area contributed by atoms with E-state index in [9.17, 15) is 4.79 Å². The van der Waals surface area contributed by atoms with Crippen molar-refractivity contribution >= 4 is 5.97 Å². The smallest absolute Gasteiger partial charge is 0.311 e. The van der Waals surface area contributed by atoms with E-state index in [-0.39, 0.29) is 40.2 Å². The van der Waals surface area contributed by atoms with Gasteiger partial charge in [0.1, 0.15) is 12.5 Å². The van der Waals surface area contributed by atoms with Gasteiger partial charge < -0.3 is 18.9 Å². The molecule has 0 saturated carbocycles. The summed E-state index contributed by atoms with van der Waals surface area (Å²) in [6.45, 7) is 11.2. The minimum atomic E-state index is -1.06. The summed E-state index contributed by atoms with van der Waals surface area (Å²) in [4.78, 5) is 11.8. The van der Waals surface area contributed by atoms with E-state index >= 15 is 0 Å². The zero-order valence-electron chi connectivity index (χ0n) is 13.4. The molecule has 0 aliphatic rings. The maximum Gasteiger partial charge on any atom is 0.311 e. The maximum absolute atomic E-state index is 11.8. The average molecular weight is 324 g/mol. The molecule has 0 amide bonds. The van der Waals surface area contributed by atoms with Gasteiger partial charge in [0, 0.05) is 41.5 Å². The summed E-state index contributed by atoms with van der Waals surface area (Å²) in [7, 11) is 0. The van der Waals surface area contributed by atoms with Crippen molar-refractivity contribution in [3.63, 3.8) is 0 Å². The first kappa shape index (κ1) is 22.3. The van der Waals surface area contributed by atoms with Crippen LogP contribution in [0.2, 0.25) is 0 Å². The second-order valence-electron chi connectivity index (χ2n) is 4.01. The summed E-state index contributed by atoms with van der Waals surface area (Å²) in [5.74, 6) is -1.39. The fourth-order valence-corrected chi connectivity index (χ4v) is 2.10. The standard InChI is InChI=1S/C14H28O5.Ti/c1-6-12(16-7-2)14(18-9-4,19-10-5)11-13(15)17-8-3;/h12H,6-11H2,1-5H3;. The van der Waals surface area contributed by atoms with Crippen molar-refractivity contribution in [2.45, 2.75) is 59.4 Å². The summed E-state index contributed by atoms with van der Waals surface area (Å²) in [5, 5.41) is 0. The Balaban J connectivity index is 0. The van der Waals surface area contributed by atoms with E-state index in [1.165, 1.54) is 0 Å². The van der Waals surface area contributed by atoms with Crippen molar-refractivity contribution in [2.75, 3.05) is 26.4 Å². The molecule has 0 aromatic carbocycles. The van der Waals surface area contributed by atoms with Crippen LogP contribution in [0.25, 0.3) is 0 Å². The van der Waals surface area contributed by atoms with Crippen LogP contribution >= 0.6 is 0 Å². The van der Waals surface area contributed by atoms with E-state index in [2.05, 4.69) is 0 Å². The van der Waals surface area contributed by atoms with Gasteiger partial charge >= 0.3 is 5.97 Å². The minimum absolute atomic E-state index is 0. The first-order valence-electron chi connectivity index (χ1n) is 7.15. The average Bonchev–Trinajstić information content (AvgIpc) is 2.36. The van der Waals surface area contributed by atoms with Crippen LogP contribution in [-0.4, -0.2) is 44.3 Å². The van der Waals surface area contributed by atoms with E-state index in [1.54, 1.807) is 6.92 Å². The number of carbonyl (C=O) groups excluding carboxylic acids is 1. The Labute approximate surface area is 137 Å². The number of rotatable bonds is 11. The molecule has 118 valence electrons. The van der Waals surface area contributed by atoms with Crippen LogP contribution in [0.1, 0.15) is 47.5 Å². The van der Waals surface area contributed by atoms with E-state index < -0.39 is 5.79 Å². The molecule has 0 spiro atoms. The molecule has 0 heterocycles. The Morgan fingerprint density at radius 3 is 1.85 bits per heavy atom. The molecular formula is C14H28O5Ti. The molecule has 0 aliphatic heterocycles. The van der Waals surface area contributed by atoms with Crippen LogP contribution < -0.4 is 0 Å². The van der Waals surface area contributed by atoms with Crippen LogP contribution in [0.15, 0.2) is 0 Å². The number of hydrogen-bond acceptors (Lipinski definition) is 5. The van der Waals surface area contributed by atoms with Gasteiger partial charge in [-0.1, -0.05) is 6.92 Å². The molecular weight excluding hydrogens is 296 g/mol. The third kappa shape index (κ3) is 7.18. The minimum Gasteiger partial charge on any atom is -0.466 e. The summed E-state index contributed by atoms with van der Waals surface area (Å²) in [6.07, 6.45) is 0.454. The summed E-state index contributed by atoms with van der Waals surface area (Å²) in [6, 6.07) is 0. The third-order valence-electron chi connectivity index (χ3n) is 2.70. The van der Waals surface area contributed by atoms with Gasteiger partial charge in [-0.2, -0.15) is 0 Å². The molecule has 1 atom stereocenters. The zero-order valence-corrected chi connectivity index (χ0v) is 14.9. The normalized spacial score (nSPS) is 12.7. The fraction of sp³-hybridized carbons (Fsp3) is 0.929. The zero-order chi connectivity index (χ0) is 14.7. The Bertz CT molecular complexity index is 242. The Morgan fingerprint density at radius 2 is 1.50 bits per heavy atom. The summed E-state index contributed by atoms with van der Waals surface area (Å²) in [5.41, 5.74) is 0. The molecule has 0 aromatic rings. The van der Waals surface area contributed by atoms with Crippen molar-refractivity contribution in [1.82, 2.24) is 0 Å². The van der Waals surface area contributed by atoms with Gasteiger partial charge in [-0.3, -0.25) is 4.79 Å². The molecule has 0 aromatic heterocycles. The molecule has 0 saturated heterocycles. The Kier molecular flexibility index (Phi) is 14.3. The van der Waals surface area contributed by atoms with Gasteiger partial charge in [0.2, 0.25) is 5.79 Å². The molecule has 0 fully saturated rings. The SMILES string of the molecule is CCOC(=O)CC(OCC)(OCC)C(CC)OCC.[Ti]. The van der Waals surface area contributed by atoms with Gasteiger partial charge in [0.25, 0.3) is 0 Å². The van der Waals surface area contributed by atoms with Crippen LogP contribution in [0, 0.1) is 0 Å². The second-order valence-corrected chi connectivity index (χ2v) is 4.01. The number of ether oxygens (including phenoxy) is 4. The van der Waals surface area contributed by atoms with Crippen LogP contribution in [0.3, 0.4) is 0 Å². The van der Waals surface area contributed by atoms with E-state index in [1.807, 2.05) is 27.7 Å². The Hall–Kier alpha value is 0.0643. The van der Waals surface area contributed by atoms with Crippen molar-refractivity contribution < 1.29 is 45.5 Å². The molecule has 20 heavy (non-hydrogen) atoms. The first-order valence-corrected chi connectivity index (χ1v) is 7.15. The van der Waals surface area contributed by atoms with Gasteiger partial charge in [-0.25, -0.2) is 0 Å². The molecule has 1 unspecified atom stereocenters. The van der Waals surface area contributed by atoms with Crippen LogP contribution in [-0.2, 0) is 45.5 Å². The van der Waals surface area contributed by atoms with E-state index in [0.29, 0.717) is 32.8 Å². The first-order chi connectivity index (χ1) is 9.10.